The highest BCUT2D eigenvalue weighted by molar-refractivity contribution is 7.51. The third kappa shape index (κ3) is 5.76. The Bertz CT molecular complexity index is 599. The molecular formula is C12H15F3NO5P. The SMILES string of the molecule is NC(Cc1cc(C(F)(F)F)ccc1CCP(=O)(O)O)C(=O)O. The number of rotatable bonds is 6. The summed E-state index contributed by atoms with van der Waals surface area (Å²) in [5.41, 5.74) is 4.59. The van der Waals surface area contributed by atoms with Gasteiger partial charge < -0.3 is 20.6 Å². The van der Waals surface area contributed by atoms with Crippen molar-refractivity contribution in [2.75, 3.05) is 6.16 Å². The predicted octanol–water partition coefficient (Wildman–Crippen LogP) is 1.38. The average Bonchev–Trinajstić information content (AvgIpc) is 2.34. The van der Waals surface area contributed by atoms with Crippen LogP contribution in [0.2, 0.25) is 0 Å². The van der Waals surface area contributed by atoms with E-state index in [0.717, 1.165) is 18.2 Å². The zero-order chi connectivity index (χ0) is 17.1. The molecule has 1 rings (SSSR count). The molecule has 1 aromatic carbocycles. The summed E-state index contributed by atoms with van der Waals surface area (Å²) in [6, 6.07) is 1.22. The van der Waals surface area contributed by atoms with E-state index in [1.807, 2.05) is 0 Å². The molecule has 0 aromatic heterocycles. The first kappa shape index (κ1) is 18.6. The monoisotopic (exact) mass is 341 g/mol. The number of carboxylic acids is 1. The molecule has 124 valence electrons. The first-order valence-electron chi connectivity index (χ1n) is 6.12. The van der Waals surface area contributed by atoms with Gasteiger partial charge in [0, 0.05) is 0 Å². The molecule has 0 saturated carbocycles. The summed E-state index contributed by atoms with van der Waals surface area (Å²) in [7, 11) is -4.32. The molecule has 5 N–H and O–H groups in total. The van der Waals surface area contributed by atoms with Crippen molar-refractivity contribution in [1.82, 2.24) is 0 Å². The van der Waals surface area contributed by atoms with Crippen molar-refractivity contribution >= 4 is 13.6 Å². The highest BCUT2D eigenvalue weighted by atomic mass is 31.2. The number of benzene rings is 1. The van der Waals surface area contributed by atoms with Crippen LogP contribution in [-0.2, 0) is 28.4 Å². The lowest BCUT2D eigenvalue weighted by atomic mass is 9.96. The molecule has 0 saturated heterocycles. The zero-order valence-corrected chi connectivity index (χ0v) is 12.1. The van der Waals surface area contributed by atoms with Gasteiger partial charge in [0.1, 0.15) is 6.04 Å². The molecular weight excluding hydrogens is 326 g/mol. The normalized spacial score (nSPS) is 13.9. The number of nitrogens with two attached hydrogens (primary N) is 1. The standard InChI is InChI=1S/C12H15F3NO5P/c13-12(14,15)9-2-1-7(3-4-22(19,20)21)8(5-9)6-10(16)11(17)18/h1-2,5,10H,3-4,6,16H2,(H,17,18)(H2,19,20,21). The summed E-state index contributed by atoms with van der Waals surface area (Å²) in [5, 5.41) is 8.75. The summed E-state index contributed by atoms with van der Waals surface area (Å²) in [4.78, 5) is 28.4. The predicted molar refractivity (Wildman–Crippen MR) is 71.4 cm³/mol. The minimum absolute atomic E-state index is 0.0122. The molecule has 0 fully saturated rings. The van der Waals surface area contributed by atoms with Crippen molar-refractivity contribution in [2.24, 2.45) is 5.73 Å². The molecule has 1 unspecified atom stereocenters. The highest BCUT2D eigenvalue weighted by Gasteiger charge is 2.31. The number of halogens is 3. The largest absolute Gasteiger partial charge is 0.480 e. The summed E-state index contributed by atoms with van der Waals surface area (Å²) in [6.45, 7) is 0. The second-order valence-electron chi connectivity index (χ2n) is 4.77. The first-order valence-corrected chi connectivity index (χ1v) is 7.92. The molecule has 0 heterocycles. The Morgan fingerprint density at radius 1 is 1.27 bits per heavy atom. The fourth-order valence-corrected chi connectivity index (χ4v) is 2.36. The van der Waals surface area contributed by atoms with Gasteiger partial charge in [-0.15, -0.1) is 0 Å². The lowest BCUT2D eigenvalue weighted by Gasteiger charge is -2.15. The molecule has 10 heteroatoms. The third-order valence-corrected chi connectivity index (χ3v) is 3.77. The van der Waals surface area contributed by atoms with Crippen molar-refractivity contribution < 1.29 is 37.4 Å². The molecule has 0 amide bonds. The van der Waals surface area contributed by atoms with Crippen LogP contribution in [0.15, 0.2) is 18.2 Å². The molecule has 1 aromatic rings. The number of carboxylic acid groups (broad SMARTS) is 1. The Morgan fingerprint density at radius 3 is 2.32 bits per heavy atom. The minimum Gasteiger partial charge on any atom is -0.480 e. The third-order valence-electron chi connectivity index (χ3n) is 2.96. The van der Waals surface area contributed by atoms with E-state index in [0.29, 0.717) is 0 Å². The quantitative estimate of drug-likeness (QED) is 0.580. The van der Waals surface area contributed by atoms with Gasteiger partial charge >= 0.3 is 19.7 Å². The molecule has 0 aliphatic heterocycles. The van der Waals surface area contributed by atoms with Gasteiger partial charge in [0.05, 0.1) is 11.7 Å². The van der Waals surface area contributed by atoms with E-state index < -0.39 is 37.5 Å². The Morgan fingerprint density at radius 2 is 1.86 bits per heavy atom. The zero-order valence-electron chi connectivity index (χ0n) is 11.2. The second kappa shape index (κ2) is 6.78. The fraction of sp³-hybridized carbons (Fsp3) is 0.417. The van der Waals surface area contributed by atoms with Crippen LogP contribution < -0.4 is 5.73 Å². The van der Waals surface area contributed by atoms with Crippen LogP contribution in [0.4, 0.5) is 13.2 Å². The Kier molecular flexibility index (Phi) is 5.75. The molecule has 6 nitrogen and oxygen atoms in total. The van der Waals surface area contributed by atoms with E-state index >= 15 is 0 Å². The summed E-state index contributed by atoms with van der Waals surface area (Å²) in [5.74, 6) is -1.38. The van der Waals surface area contributed by atoms with E-state index in [1.165, 1.54) is 0 Å². The fourth-order valence-electron chi connectivity index (χ4n) is 1.83. The van der Waals surface area contributed by atoms with Crippen LogP contribution in [0.1, 0.15) is 16.7 Å². The molecule has 0 aliphatic rings. The second-order valence-corrected chi connectivity index (χ2v) is 6.54. The van der Waals surface area contributed by atoms with E-state index in [2.05, 4.69) is 0 Å². The highest BCUT2D eigenvalue weighted by Crippen LogP contribution is 2.36. The number of hydrogen-bond donors (Lipinski definition) is 4. The van der Waals surface area contributed by atoms with Crippen molar-refractivity contribution in [3.8, 4) is 0 Å². The smallest absolute Gasteiger partial charge is 0.416 e. The van der Waals surface area contributed by atoms with Crippen LogP contribution in [0.5, 0.6) is 0 Å². The number of aliphatic carboxylic acids is 1. The van der Waals surface area contributed by atoms with Gasteiger partial charge in [-0.1, -0.05) is 6.07 Å². The average molecular weight is 341 g/mol. The van der Waals surface area contributed by atoms with Gasteiger partial charge in [0.2, 0.25) is 0 Å². The maximum atomic E-state index is 12.7. The van der Waals surface area contributed by atoms with Crippen molar-refractivity contribution in [3.05, 3.63) is 34.9 Å². The lowest BCUT2D eigenvalue weighted by molar-refractivity contribution is -0.138. The van der Waals surface area contributed by atoms with Crippen LogP contribution in [0.25, 0.3) is 0 Å². The van der Waals surface area contributed by atoms with Crippen LogP contribution in [0.3, 0.4) is 0 Å². The Hall–Kier alpha value is -1.41. The van der Waals surface area contributed by atoms with Gasteiger partial charge in [0.25, 0.3) is 0 Å². The first-order chi connectivity index (χ1) is 9.90. The summed E-state index contributed by atoms with van der Waals surface area (Å²) in [6.07, 6.45) is -5.70. The van der Waals surface area contributed by atoms with Gasteiger partial charge in [-0.05, 0) is 36.1 Å². The molecule has 0 bridgehead atoms. The van der Waals surface area contributed by atoms with Crippen LogP contribution in [0, 0.1) is 0 Å². The number of alkyl halides is 3. The number of carbonyl (C=O) groups is 1. The summed E-state index contributed by atoms with van der Waals surface area (Å²) >= 11 is 0. The van der Waals surface area contributed by atoms with Crippen molar-refractivity contribution in [2.45, 2.75) is 25.1 Å². The molecule has 0 spiro atoms. The maximum absolute atomic E-state index is 12.7. The van der Waals surface area contributed by atoms with Crippen LogP contribution >= 0.6 is 7.60 Å². The van der Waals surface area contributed by atoms with Gasteiger partial charge in [-0.3, -0.25) is 9.36 Å². The number of hydrogen-bond acceptors (Lipinski definition) is 3. The summed E-state index contributed by atoms with van der Waals surface area (Å²) < 4.78 is 49.0. The topological polar surface area (TPSA) is 121 Å². The maximum Gasteiger partial charge on any atom is 0.416 e. The van der Waals surface area contributed by atoms with E-state index in [1.54, 1.807) is 0 Å². The van der Waals surface area contributed by atoms with Gasteiger partial charge in [0.15, 0.2) is 0 Å². The van der Waals surface area contributed by atoms with E-state index in [-0.39, 0.29) is 24.0 Å². The minimum atomic E-state index is -4.61. The molecule has 1 atom stereocenters. The van der Waals surface area contributed by atoms with Gasteiger partial charge in [-0.2, -0.15) is 13.2 Å². The van der Waals surface area contributed by atoms with Crippen LogP contribution in [-0.4, -0.2) is 33.1 Å². The van der Waals surface area contributed by atoms with E-state index in [9.17, 15) is 22.5 Å². The Labute approximate surface area is 123 Å². The van der Waals surface area contributed by atoms with Crippen molar-refractivity contribution in [1.29, 1.82) is 0 Å². The molecule has 0 aliphatic carbocycles. The molecule has 22 heavy (non-hydrogen) atoms. The van der Waals surface area contributed by atoms with E-state index in [4.69, 9.17) is 20.6 Å². The number of aryl methyl sites for hydroxylation is 1. The lowest BCUT2D eigenvalue weighted by Crippen LogP contribution is -2.32. The van der Waals surface area contributed by atoms with Crippen molar-refractivity contribution in [3.63, 3.8) is 0 Å². The molecule has 0 radical (unpaired) electrons. The van der Waals surface area contributed by atoms with Gasteiger partial charge in [-0.25, -0.2) is 0 Å². The Balaban J connectivity index is 3.13.